The SMILES string of the molecule is Cc1cccc(F)c1N1CCCC(N)C1. The minimum Gasteiger partial charge on any atom is -0.367 e. The van der Waals surface area contributed by atoms with Gasteiger partial charge >= 0.3 is 0 Å². The molecule has 15 heavy (non-hydrogen) atoms. The van der Waals surface area contributed by atoms with E-state index in [0.717, 1.165) is 37.2 Å². The lowest BCUT2D eigenvalue weighted by Crippen LogP contribution is -2.43. The van der Waals surface area contributed by atoms with Crippen LogP contribution in [0.3, 0.4) is 0 Å². The molecule has 1 aliphatic rings. The number of rotatable bonds is 1. The standard InChI is InChI=1S/C12H17FN2/c1-9-4-2-6-11(13)12(9)15-7-3-5-10(14)8-15/h2,4,6,10H,3,5,7-8,14H2,1H3. The number of nitrogens with two attached hydrogens (primary N) is 1. The summed E-state index contributed by atoms with van der Waals surface area (Å²) >= 11 is 0. The third-order valence-electron chi connectivity index (χ3n) is 2.96. The number of halogens is 1. The van der Waals surface area contributed by atoms with Crippen molar-refractivity contribution in [3.8, 4) is 0 Å². The molecule has 1 saturated heterocycles. The van der Waals surface area contributed by atoms with Gasteiger partial charge in [0.1, 0.15) is 5.82 Å². The lowest BCUT2D eigenvalue weighted by atomic mass is 10.0. The van der Waals surface area contributed by atoms with Crippen molar-refractivity contribution in [3.05, 3.63) is 29.6 Å². The van der Waals surface area contributed by atoms with Crippen LogP contribution in [0.4, 0.5) is 10.1 Å². The van der Waals surface area contributed by atoms with Crippen molar-refractivity contribution in [1.82, 2.24) is 0 Å². The average Bonchev–Trinajstić information content (AvgIpc) is 2.17. The highest BCUT2D eigenvalue weighted by atomic mass is 19.1. The van der Waals surface area contributed by atoms with E-state index in [1.54, 1.807) is 6.07 Å². The number of nitrogens with zero attached hydrogens (tertiary/aromatic N) is 1. The molecule has 0 bridgehead atoms. The van der Waals surface area contributed by atoms with Gasteiger partial charge in [-0.2, -0.15) is 0 Å². The van der Waals surface area contributed by atoms with Gasteiger partial charge < -0.3 is 10.6 Å². The van der Waals surface area contributed by atoms with E-state index in [2.05, 4.69) is 4.90 Å². The molecule has 0 amide bonds. The zero-order chi connectivity index (χ0) is 10.8. The molecule has 0 aliphatic carbocycles. The minimum absolute atomic E-state index is 0.135. The monoisotopic (exact) mass is 208 g/mol. The van der Waals surface area contributed by atoms with Crippen molar-refractivity contribution in [2.24, 2.45) is 5.73 Å². The van der Waals surface area contributed by atoms with Gasteiger partial charge in [0.25, 0.3) is 0 Å². The summed E-state index contributed by atoms with van der Waals surface area (Å²) in [7, 11) is 0. The maximum Gasteiger partial charge on any atom is 0.146 e. The number of anilines is 1. The number of hydrogen-bond donors (Lipinski definition) is 1. The van der Waals surface area contributed by atoms with Gasteiger partial charge in [0.2, 0.25) is 0 Å². The zero-order valence-electron chi connectivity index (χ0n) is 9.04. The zero-order valence-corrected chi connectivity index (χ0v) is 9.04. The second-order valence-corrected chi connectivity index (χ2v) is 4.25. The Morgan fingerprint density at radius 2 is 2.27 bits per heavy atom. The van der Waals surface area contributed by atoms with Crippen molar-refractivity contribution in [2.45, 2.75) is 25.8 Å². The van der Waals surface area contributed by atoms with Crippen LogP contribution in [0.2, 0.25) is 0 Å². The van der Waals surface area contributed by atoms with Gasteiger partial charge in [0.15, 0.2) is 0 Å². The van der Waals surface area contributed by atoms with Gasteiger partial charge in [-0.1, -0.05) is 12.1 Å². The molecule has 1 fully saturated rings. The highest BCUT2D eigenvalue weighted by molar-refractivity contribution is 5.54. The van der Waals surface area contributed by atoms with Gasteiger partial charge in [-0.25, -0.2) is 4.39 Å². The predicted molar refractivity (Wildman–Crippen MR) is 60.6 cm³/mol. The molecule has 0 saturated carbocycles. The second-order valence-electron chi connectivity index (χ2n) is 4.25. The quantitative estimate of drug-likeness (QED) is 0.765. The van der Waals surface area contributed by atoms with Gasteiger partial charge in [-0.15, -0.1) is 0 Å². The van der Waals surface area contributed by atoms with Crippen molar-refractivity contribution in [2.75, 3.05) is 18.0 Å². The lowest BCUT2D eigenvalue weighted by molar-refractivity contribution is 0.497. The third-order valence-corrected chi connectivity index (χ3v) is 2.96. The molecule has 1 aromatic carbocycles. The van der Waals surface area contributed by atoms with Crippen LogP contribution in [0.15, 0.2) is 18.2 Å². The molecule has 3 heteroatoms. The highest BCUT2D eigenvalue weighted by Gasteiger charge is 2.20. The average molecular weight is 208 g/mol. The Morgan fingerprint density at radius 1 is 1.47 bits per heavy atom. The predicted octanol–water partition coefficient (Wildman–Crippen LogP) is 2.06. The Labute approximate surface area is 89.9 Å². The maximum atomic E-state index is 13.7. The van der Waals surface area contributed by atoms with Crippen LogP contribution < -0.4 is 10.6 Å². The summed E-state index contributed by atoms with van der Waals surface area (Å²) < 4.78 is 13.7. The molecule has 0 aromatic heterocycles. The van der Waals surface area contributed by atoms with E-state index in [1.165, 1.54) is 6.07 Å². The van der Waals surface area contributed by atoms with E-state index in [4.69, 9.17) is 5.73 Å². The topological polar surface area (TPSA) is 29.3 Å². The summed E-state index contributed by atoms with van der Waals surface area (Å²) in [6.07, 6.45) is 2.10. The van der Waals surface area contributed by atoms with Gasteiger partial charge in [-0.3, -0.25) is 0 Å². The van der Waals surface area contributed by atoms with E-state index in [9.17, 15) is 4.39 Å². The Kier molecular flexibility index (Phi) is 2.91. The first kappa shape index (κ1) is 10.4. The Morgan fingerprint density at radius 3 is 2.93 bits per heavy atom. The molecule has 2 nitrogen and oxygen atoms in total. The van der Waals surface area contributed by atoms with Crippen LogP contribution in [-0.4, -0.2) is 19.1 Å². The number of aryl methyl sites for hydroxylation is 1. The summed E-state index contributed by atoms with van der Waals surface area (Å²) in [5, 5.41) is 0. The fourth-order valence-corrected chi connectivity index (χ4v) is 2.24. The smallest absolute Gasteiger partial charge is 0.146 e. The summed E-state index contributed by atoms with van der Waals surface area (Å²) in [6.45, 7) is 3.62. The fraction of sp³-hybridized carbons (Fsp3) is 0.500. The summed E-state index contributed by atoms with van der Waals surface area (Å²) in [6, 6.07) is 5.39. The molecule has 82 valence electrons. The summed E-state index contributed by atoms with van der Waals surface area (Å²) in [5.74, 6) is -0.135. The Hall–Kier alpha value is -1.09. The normalized spacial score (nSPS) is 21.8. The maximum absolute atomic E-state index is 13.7. The Bertz CT molecular complexity index is 331. The number of hydrogen-bond acceptors (Lipinski definition) is 2. The highest BCUT2D eigenvalue weighted by Crippen LogP contribution is 2.26. The third kappa shape index (κ3) is 2.12. The van der Waals surface area contributed by atoms with Crippen molar-refractivity contribution in [3.63, 3.8) is 0 Å². The summed E-state index contributed by atoms with van der Waals surface area (Å²) in [5.41, 5.74) is 7.62. The van der Waals surface area contributed by atoms with E-state index >= 15 is 0 Å². The molecule has 0 radical (unpaired) electrons. The van der Waals surface area contributed by atoms with Crippen LogP contribution in [0.25, 0.3) is 0 Å². The van der Waals surface area contributed by atoms with E-state index in [1.807, 2.05) is 13.0 Å². The fourth-order valence-electron chi connectivity index (χ4n) is 2.24. The molecule has 1 aliphatic heterocycles. The molecule has 1 unspecified atom stereocenters. The molecule has 1 aromatic rings. The Balaban J connectivity index is 2.28. The second kappa shape index (κ2) is 4.19. The van der Waals surface area contributed by atoms with Gasteiger partial charge in [-0.05, 0) is 31.4 Å². The molecule has 1 atom stereocenters. The molecule has 2 rings (SSSR count). The first-order chi connectivity index (χ1) is 7.18. The first-order valence-electron chi connectivity index (χ1n) is 5.44. The van der Waals surface area contributed by atoms with Crippen LogP contribution in [0, 0.1) is 12.7 Å². The summed E-state index contributed by atoms with van der Waals surface area (Å²) in [4.78, 5) is 2.07. The molecule has 0 spiro atoms. The minimum atomic E-state index is -0.135. The van der Waals surface area contributed by atoms with Crippen molar-refractivity contribution >= 4 is 5.69 Å². The van der Waals surface area contributed by atoms with Crippen molar-refractivity contribution < 1.29 is 4.39 Å². The van der Waals surface area contributed by atoms with Crippen LogP contribution in [-0.2, 0) is 0 Å². The van der Waals surface area contributed by atoms with Crippen molar-refractivity contribution in [1.29, 1.82) is 0 Å². The number of piperidine rings is 1. The van der Waals surface area contributed by atoms with Gasteiger partial charge in [0.05, 0.1) is 5.69 Å². The molecular formula is C12H17FN2. The molecule has 2 N–H and O–H groups in total. The molecule has 1 heterocycles. The van der Waals surface area contributed by atoms with Crippen LogP contribution in [0.5, 0.6) is 0 Å². The van der Waals surface area contributed by atoms with Gasteiger partial charge in [0, 0.05) is 19.1 Å². The largest absolute Gasteiger partial charge is 0.367 e. The van der Waals surface area contributed by atoms with E-state index in [-0.39, 0.29) is 11.9 Å². The lowest BCUT2D eigenvalue weighted by Gasteiger charge is -2.33. The van der Waals surface area contributed by atoms with E-state index < -0.39 is 0 Å². The first-order valence-corrected chi connectivity index (χ1v) is 5.44. The number of benzene rings is 1. The van der Waals surface area contributed by atoms with Crippen LogP contribution >= 0.6 is 0 Å². The number of para-hydroxylation sites is 1. The van der Waals surface area contributed by atoms with Crippen LogP contribution in [0.1, 0.15) is 18.4 Å². The molecular weight excluding hydrogens is 191 g/mol. The van der Waals surface area contributed by atoms with E-state index in [0.29, 0.717) is 0 Å².